The molecule has 2 unspecified atom stereocenters. The number of benzene rings is 2. The number of carbonyl (C=O) groups excluding carboxylic acids is 1. The van der Waals surface area contributed by atoms with Crippen molar-refractivity contribution in [1.29, 1.82) is 0 Å². The van der Waals surface area contributed by atoms with E-state index in [9.17, 15) is 9.90 Å². The lowest BCUT2D eigenvalue weighted by atomic mass is 9.67. The third kappa shape index (κ3) is 10.3. The van der Waals surface area contributed by atoms with E-state index in [1.165, 1.54) is 63.8 Å². The number of nitrogens with zero attached hydrogens (tertiary/aromatic N) is 1. The summed E-state index contributed by atoms with van der Waals surface area (Å²) >= 11 is 0. The molecule has 6 heteroatoms. The van der Waals surface area contributed by atoms with E-state index in [1.807, 2.05) is 51.1 Å². The van der Waals surface area contributed by atoms with Crippen molar-refractivity contribution in [3.8, 4) is 11.5 Å². The zero-order chi connectivity index (χ0) is 29.5. The molecule has 3 aliphatic rings. The predicted molar refractivity (Wildman–Crippen MR) is 165 cm³/mol. The molecule has 0 bridgehead atoms. The number of nitrogens with one attached hydrogen (secondary N) is 1. The molecule has 1 amide bonds. The topological polar surface area (TPSA) is 93.0 Å². The van der Waals surface area contributed by atoms with Crippen LogP contribution in [-0.4, -0.2) is 57.9 Å². The van der Waals surface area contributed by atoms with Gasteiger partial charge in [0, 0.05) is 25.7 Å². The summed E-state index contributed by atoms with van der Waals surface area (Å²) in [6.07, 6.45) is 13.1. The average Bonchev–Trinajstić information content (AvgIpc) is 3.82. The fraction of sp³-hybridized carbons (Fsp3) is 0.559. The normalized spacial score (nSPS) is 23.8. The van der Waals surface area contributed by atoms with Gasteiger partial charge in [-0.15, -0.1) is 0 Å². The number of rotatable bonds is 5. The lowest BCUT2D eigenvalue weighted by Gasteiger charge is -2.52. The molecule has 2 aliphatic carbocycles. The number of hydrogen-bond donors (Lipinski definition) is 4. The molecule has 2 saturated carbocycles. The highest BCUT2D eigenvalue weighted by molar-refractivity contribution is 5.91. The van der Waals surface area contributed by atoms with E-state index in [2.05, 4.69) is 17.1 Å². The van der Waals surface area contributed by atoms with Gasteiger partial charge >= 0.3 is 0 Å². The van der Waals surface area contributed by atoms with Crippen LogP contribution in [-0.2, 0) is 11.2 Å². The lowest BCUT2D eigenvalue weighted by molar-refractivity contribution is -0.136. The third-order valence-electron chi connectivity index (χ3n) is 8.23. The minimum Gasteiger partial charge on any atom is -0.504 e. The molecule has 2 aromatic carbocycles. The van der Waals surface area contributed by atoms with Crippen LogP contribution in [0.3, 0.4) is 0 Å². The van der Waals surface area contributed by atoms with Gasteiger partial charge in [0.1, 0.15) is 0 Å². The lowest BCUT2D eigenvalue weighted by Crippen LogP contribution is -2.61. The maximum atomic E-state index is 10.9. The standard InChI is InChI=1S/C14H25NO.C10H11NO.C8H10O2.C2H6/c1-11-14(16)8-3-2-4-13(14)7-9-15(11)10-12-5-6-12;1-11-10(12)8-7-9-5-3-2-4-6-9;1-2-6-3-4-7(9)8(10)5-6;1-2/h11-13,16H,2-10H2,1H3;2-8H,1H3,(H,11,12);3-5,9-10H,2H2,1H3;1-2H3/b;8-7+;;/t11-,13?,14?;;;/m1.../s1. The fourth-order valence-electron chi connectivity index (χ4n) is 5.52. The van der Waals surface area contributed by atoms with Crippen molar-refractivity contribution in [1.82, 2.24) is 10.2 Å². The van der Waals surface area contributed by atoms with Gasteiger partial charge in [0.25, 0.3) is 0 Å². The van der Waals surface area contributed by atoms with Gasteiger partial charge in [-0.25, -0.2) is 0 Å². The van der Waals surface area contributed by atoms with Crippen LogP contribution in [0.5, 0.6) is 11.5 Å². The van der Waals surface area contributed by atoms with Gasteiger partial charge in [0.15, 0.2) is 11.5 Å². The van der Waals surface area contributed by atoms with Crippen molar-refractivity contribution < 1.29 is 20.1 Å². The Balaban J connectivity index is 0.000000210. The number of phenols is 2. The van der Waals surface area contributed by atoms with Crippen LogP contribution >= 0.6 is 0 Å². The van der Waals surface area contributed by atoms with Gasteiger partial charge in [0.05, 0.1) is 5.60 Å². The number of piperidine rings is 1. The van der Waals surface area contributed by atoms with E-state index in [0.717, 1.165) is 29.9 Å². The number of aryl methyl sites for hydroxylation is 1. The van der Waals surface area contributed by atoms with Crippen LogP contribution < -0.4 is 5.32 Å². The fourth-order valence-corrected chi connectivity index (χ4v) is 5.52. The Hall–Kier alpha value is -2.83. The number of amides is 1. The molecule has 0 aromatic heterocycles. The van der Waals surface area contributed by atoms with E-state index in [0.29, 0.717) is 12.0 Å². The maximum Gasteiger partial charge on any atom is 0.243 e. The Morgan fingerprint density at radius 2 is 1.73 bits per heavy atom. The zero-order valence-corrected chi connectivity index (χ0v) is 25.3. The molecule has 4 N–H and O–H groups in total. The minimum absolute atomic E-state index is 0.0423. The van der Waals surface area contributed by atoms with Crippen molar-refractivity contribution in [2.45, 2.75) is 90.7 Å². The Kier molecular flexibility index (Phi) is 14.3. The first kappa shape index (κ1) is 33.4. The molecule has 0 radical (unpaired) electrons. The molecule has 1 saturated heterocycles. The smallest absolute Gasteiger partial charge is 0.243 e. The van der Waals surface area contributed by atoms with Crippen LogP contribution in [0, 0.1) is 11.8 Å². The number of aromatic hydroxyl groups is 2. The molecule has 2 aromatic rings. The van der Waals surface area contributed by atoms with E-state index in [1.54, 1.807) is 25.3 Å². The van der Waals surface area contributed by atoms with Crippen molar-refractivity contribution in [2.75, 3.05) is 20.1 Å². The molecule has 40 heavy (non-hydrogen) atoms. The maximum absolute atomic E-state index is 10.9. The minimum atomic E-state index is -0.356. The summed E-state index contributed by atoms with van der Waals surface area (Å²) in [4.78, 5) is 13.4. The van der Waals surface area contributed by atoms with Gasteiger partial charge in [-0.05, 0) is 93.2 Å². The average molecular weight is 553 g/mol. The highest BCUT2D eigenvalue weighted by Crippen LogP contribution is 2.44. The van der Waals surface area contributed by atoms with E-state index < -0.39 is 0 Å². The molecule has 5 rings (SSSR count). The summed E-state index contributed by atoms with van der Waals surface area (Å²) in [7, 11) is 1.61. The highest BCUT2D eigenvalue weighted by Gasteiger charge is 2.48. The van der Waals surface area contributed by atoms with Crippen LogP contribution in [0.2, 0.25) is 0 Å². The van der Waals surface area contributed by atoms with Gasteiger partial charge < -0.3 is 20.6 Å². The summed E-state index contributed by atoms with van der Waals surface area (Å²) in [5.41, 5.74) is 1.70. The summed E-state index contributed by atoms with van der Waals surface area (Å²) < 4.78 is 0. The first-order valence-electron chi connectivity index (χ1n) is 15.2. The molecule has 0 spiro atoms. The molecular weight excluding hydrogens is 500 g/mol. The molecular formula is C34H52N2O4. The predicted octanol–water partition coefficient (Wildman–Crippen LogP) is 6.54. The third-order valence-corrected chi connectivity index (χ3v) is 8.23. The molecule has 6 nitrogen and oxygen atoms in total. The van der Waals surface area contributed by atoms with Crippen LogP contribution in [0.1, 0.15) is 83.8 Å². The van der Waals surface area contributed by atoms with E-state index in [4.69, 9.17) is 10.2 Å². The van der Waals surface area contributed by atoms with E-state index in [-0.39, 0.29) is 23.0 Å². The Labute approximate surface area is 242 Å². The van der Waals surface area contributed by atoms with Gasteiger partial charge in [-0.2, -0.15) is 0 Å². The molecule has 3 fully saturated rings. The largest absolute Gasteiger partial charge is 0.504 e. The number of aliphatic hydroxyl groups is 1. The summed E-state index contributed by atoms with van der Waals surface area (Å²) in [5.74, 6) is 1.35. The SMILES string of the molecule is CC.CCc1ccc(O)c(O)c1.CNC(=O)/C=C/c1ccccc1.C[C@H]1N(CC2CC2)CCC2CCCCC21O. The van der Waals surface area contributed by atoms with Crippen LogP contribution in [0.25, 0.3) is 6.08 Å². The zero-order valence-electron chi connectivity index (χ0n) is 25.3. The van der Waals surface area contributed by atoms with Crippen molar-refractivity contribution in [3.63, 3.8) is 0 Å². The molecule has 3 atom stereocenters. The van der Waals surface area contributed by atoms with Crippen molar-refractivity contribution in [2.24, 2.45) is 11.8 Å². The highest BCUT2D eigenvalue weighted by atomic mass is 16.3. The van der Waals surface area contributed by atoms with Gasteiger partial charge in [0.2, 0.25) is 5.91 Å². The molecule has 1 heterocycles. The van der Waals surface area contributed by atoms with Gasteiger partial charge in [-0.1, -0.05) is 70.0 Å². The van der Waals surface area contributed by atoms with Gasteiger partial charge in [-0.3, -0.25) is 9.69 Å². The Bertz CT molecular complexity index is 1040. The van der Waals surface area contributed by atoms with Crippen LogP contribution in [0.4, 0.5) is 0 Å². The van der Waals surface area contributed by atoms with E-state index >= 15 is 0 Å². The number of hydrogen-bond acceptors (Lipinski definition) is 5. The number of fused-ring (bicyclic) bond motifs is 1. The first-order valence-corrected chi connectivity index (χ1v) is 15.2. The second kappa shape index (κ2) is 17.1. The Morgan fingerprint density at radius 3 is 2.33 bits per heavy atom. The van der Waals surface area contributed by atoms with Crippen molar-refractivity contribution in [3.05, 3.63) is 65.7 Å². The number of phenolic OH excluding ortho intramolecular Hbond substituents is 2. The van der Waals surface area contributed by atoms with Crippen LogP contribution in [0.15, 0.2) is 54.6 Å². The quantitative estimate of drug-likeness (QED) is 0.250. The summed E-state index contributed by atoms with van der Waals surface area (Å²) in [6.45, 7) is 10.7. The second-order valence-corrected chi connectivity index (χ2v) is 10.9. The summed E-state index contributed by atoms with van der Waals surface area (Å²) in [5, 5.41) is 31.3. The monoisotopic (exact) mass is 552 g/mol. The second-order valence-electron chi connectivity index (χ2n) is 10.9. The molecule has 1 aliphatic heterocycles. The number of carbonyl (C=O) groups is 1. The number of likely N-dealkylation sites (tertiary alicyclic amines) is 1. The summed E-state index contributed by atoms with van der Waals surface area (Å²) in [6, 6.07) is 14.9. The van der Waals surface area contributed by atoms with Crippen molar-refractivity contribution >= 4 is 12.0 Å². The Morgan fingerprint density at radius 1 is 1.02 bits per heavy atom. The first-order chi connectivity index (χ1) is 19.3. The number of likely N-dealkylation sites (N-methyl/N-ethyl adjacent to an activating group) is 1. The molecule has 222 valence electrons.